The average molecular weight is 307 g/mol. The second kappa shape index (κ2) is 4.71. The minimum absolute atomic E-state index is 0.492. The Labute approximate surface area is 116 Å². The fraction of sp³-hybridized carbons (Fsp3) is 0.467. The molecule has 0 amide bonds. The fourth-order valence-electron chi connectivity index (χ4n) is 3.01. The Morgan fingerprint density at radius 2 is 2.17 bits per heavy atom. The molecule has 1 aromatic carbocycles. The van der Waals surface area contributed by atoms with Crippen LogP contribution < -0.4 is 5.32 Å². The van der Waals surface area contributed by atoms with Gasteiger partial charge >= 0.3 is 0 Å². The van der Waals surface area contributed by atoms with E-state index in [-0.39, 0.29) is 0 Å². The number of hydrogen-bond donors (Lipinski definition) is 1. The Morgan fingerprint density at radius 3 is 2.89 bits per heavy atom. The van der Waals surface area contributed by atoms with Gasteiger partial charge in [0.1, 0.15) is 0 Å². The molecule has 1 aliphatic rings. The molecule has 0 aliphatic carbocycles. The highest BCUT2D eigenvalue weighted by atomic mass is 79.9. The van der Waals surface area contributed by atoms with E-state index in [0.29, 0.717) is 6.04 Å². The van der Waals surface area contributed by atoms with Gasteiger partial charge in [-0.15, -0.1) is 0 Å². The summed E-state index contributed by atoms with van der Waals surface area (Å²) in [4.78, 5) is 0. The molecule has 2 heterocycles. The van der Waals surface area contributed by atoms with Crippen LogP contribution in [0.4, 0.5) is 0 Å². The normalized spacial score (nSPS) is 20.5. The summed E-state index contributed by atoms with van der Waals surface area (Å²) in [5.41, 5.74) is 4.03. The summed E-state index contributed by atoms with van der Waals surface area (Å²) in [6.45, 7) is 3.29. The lowest BCUT2D eigenvalue weighted by Gasteiger charge is -2.24. The second-order valence-corrected chi connectivity index (χ2v) is 6.07. The molecule has 3 heteroatoms. The summed E-state index contributed by atoms with van der Waals surface area (Å²) in [5.74, 6) is 0. The summed E-state index contributed by atoms with van der Waals surface area (Å²) in [6, 6.07) is 7.17. The van der Waals surface area contributed by atoms with Crippen LogP contribution in [0.15, 0.2) is 22.7 Å². The molecule has 0 spiro atoms. The number of hydrogen-bond acceptors (Lipinski definition) is 1. The van der Waals surface area contributed by atoms with E-state index in [4.69, 9.17) is 0 Å². The van der Waals surface area contributed by atoms with Crippen molar-refractivity contribution >= 4 is 26.8 Å². The van der Waals surface area contributed by atoms with Crippen molar-refractivity contribution in [2.45, 2.75) is 32.2 Å². The SMILES string of the molecule is Cc1ccc2c(c1)c(Br)c(C1CCCCN1)n2C. The topological polar surface area (TPSA) is 17.0 Å². The Morgan fingerprint density at radius 1 is 1.33 bits per heavy atom. The van der Waals surface area contributed by atoms with Crippen molar-refractivity contribution in [3.8, 4) is 0 Å². The molecule has 1 fully saturated rings. The lowest BCUT2D eigenvalue weighted by molar-refractivity contribution is 0.398. The van der Waals surface area contributed by atoms with Crippen molar-refractivity contribution in [1.82, 2.24) is 9.88 Å². The Balaban J connectivity index is 2.16. The van der Waals surface area contributed by atoms with Crippen molar-refractivity contribution in [1.29, 1.82) is 0 Å². The predicted molar refractivity (Wildman–Crippen MR) is 80.0 cm³/mol. The third-order valence-corrected chi connectivity index (χ3v) is 4.81. The first-order valence-electron chi connectivity index (χ1n) is 6.66. The molecule has 1 unspecified atom stereocenters. The van der Waals surface area contributed by atoms with Gasteiger partial charge in [-0.1, -0.05) is 18.1 Å². The molecule has 1 saturated heterocycles. The van der Waals surface area contributed by atoms with Gasteiger partial charge in [0.05, 0.1) is 0 Å². The zero-order valence-electron chi connectivity index (χ0n) is 11.0. The lowest BCUT2D eigenvalue weighted by atomic mass is 10.0. The molecule has 0 bridgehead atoms. The molecular formula is C15H19BrN2. The Bertz CT molecular complexity index is 580. The quantitative estimate of drug-likeness (QED) is 0.840. The minimum atomic E-state index is 0.492. The molecular weight excluding hydrogens is 288 g/mol. The molecule has 96 valence electrons. The summed E-state index contributed by atoms with van der Waals surface area (Å²) in [6.07, 6.45) is 3.86. The largest absolute Gasteiger partial charge is 0.345 e. The number of nitrogens with zero attached hydrogens (tertiary/aromatic N) is 1. The van der Waals surface area contributed by atoms with Gasteiger partial charge in [0.2, 0.25) is 0 Å². The first-order valence-corrected chi connectivity index (χ1v) is 7.45. The minimum Gasteiger partial charge on any atom is -0.345 e. The second-order valence-electron chi connectivity index (χ2n) is 5.28. The first-order chi connectivity index (χ1) is 8.68. The molecule has 1 aromatic heterocycles. The molecule has 0 radical (unpaired) electrons. The zero-order chi connectivity index (χ0) is 12.7. The van der Waals surface area contributed by atoms with Gasteiger partial charge in [0, 0.05) is 34.2 Å². The van der Waals surface area contributed by atoms with Gasteiger partial charge in [-0.05, 0) is 54.4 Å². The van der Waals surface area contributed by atoms with Gasteiger partial charge in [-0.25, -0.2) is 0 Å². The molecule has 3 rings (SSSR count). The number of benzene rings is 1. The maximum Gasteiger partial charge on any atom is 0.0499 e. The number of nitrogens with one attached hydrogen (secondary N) is 1. The van der Waals surface area contributed by atoms with Crippen LogP contribution in [0.1, 0.15) is 36.6 Å². The Hall–Kier alpha value is -0.800. The van der Waals surface area contributed by atoms with Crippen LogP contribution in [0.2, 0.25) is 0 Å². The molecule has 1 atom stereocenters. The number of halogens is 1. The van der Waals surface area contributed by atoms with Crippen molar-refractivity contribution in [3.63, 3.8) is 0 Å². The third kappa shape index (κ3) is 1.90. The van der Waals surface area contributed by atoms with Crippen molar-refractivity contribution < 1.29 is 0 Å². The highest BCUT2D eigenvalue weighted by molar-refractivity contribution is 9.10. The summed E-state index contributed by atoms with van der Waals surface area (Å²) in [7, 11) is 2.17. The Kier molecular flexibility index (Phi) is 3.20. The van der Waals surface area contributed by atoms with Crippen molar-refractivity contribution in [2.24, 2.45) is 7.05 Å². The molecule has 1 aliphatic heterocycles. The van der Waals surface area contributed by atoms with Crippen LogP contribution in [-0.4, -0.2) is 11.1 Å². The van der Waals surface area contributed by atoms with E-state index in [9.17, 15) is 0 Å². The van der Waals surface area contributed by atoms with Crippen LogP contribution in [-0.2, 0) is 7.05 Å². The number of aromatic nitrogens is 1. The van der Waals surface area contributed by atoms with Gasteiger partial charge in [0.25, 0.3) is 0 Å². The fourth-order valence-corrected chi connectivity index (χ4v) is 3.86. The van der Waals surface area contributed by atoms with Gasteiger partial charge in [0.15, 0.2) is 0 Å². The van der Waals surface area contributed by atoms with Gasteiger partial charge in [-0.3, -0.25) is 0 Å². The maximum absolute atomic E-state index is 3.81. The van der Waals surface area contributed by atoms with Crippen LogP contribution in [0, 0.1) is 6.92 Å². The standard InChI is InChI=1S/C15H19BrN2/c1-10-6-7-13-11(9-10)14(16)15(18(13)2)12-5-3-4-8-17-12/h6-7,9,12,17H,3-5,8H2,1-2H3. The van der Waals surface area contributed by atoms with E-state index in [1.165, 1.54) is 45.9 Å². The maximum atomic E-state index is 3.81. The molecule has 2 aromatic rings. The summed E-state index contributed by atoms with van der Waals surface area (Å²) < 4.78 is 3.60. The smallest absolute Gasteiger partial charge is 0.0499 e. The lowest BCUT2D eigenvalue weighted by Crippen LogP contribution is -2.28. The van der Waals surface area contributed by atoms with Crippen LogP contribution >= 0.6 is 15.9 Å². The number of rotatable bonds is 1. The predicted octanol–water partition coefficient (Wildman–Crippen LogP) is 4.06. The summed E-state index contributed by atoms with van der Waals surface area (Å²) >= 11 is 3.81. The number of fused-ring (bicyclic) bond motifs is 1. The number of aryl methyl sites for hydroxylation is 2. The third-order valence-electron chi connectivity index (χ3n) is 3.98. The van der Waals surface area contributed by atoms with Crippen LogP contribution in [0.25, 0.3) is 10.9 Å². The van der Waals surface area contributed by atoms with E-state index in [0.717, 1.165) is 6.54 Å². The molecule has 2 nitrogen and oxygen atoms in total. The highest BCUT2D eigenvalue weighted by Gasteiger charge is 2.22. The number of piperidine rings is 1. The first kappa shape index (κ1) is 12.2. The average Bonchev–Trinajstić information content (AvgIpc) is 2.63. The molecule has 0 saturated carbocycles. The monoisotopic (exact) mass is 306 g/mol. The van der Waals surface area contributed by atoms with Crippen molar-refractivity contribution in [3.05, 3.63) is 33.9 Å². The van der Waals surface area contributed by atoms with Gasteiger partial charge < -0.3 is 9.88 Å². The molecule has 18 heavy (non-hydrogen) atoms. The van der Waals surface area contributed by atoms with Crippen molar-refractivity contribution in [2.75, 3.05) is 6.54 Å². The van der Waals surface area contributed by atoms with E-state index in [1.807, 2.05) is 0 Å². The van der Waals surface area contributed by atoms with E-state index < -0.39 is 0 Å². The zero-order valence-corrected chi connectivity index (χ0v) is 12.5. The molecule has 1 N–H and O–H groups in total. The highest BCUT2D eigenvalue weighted by Crippen LogP contribution is 2.36. The summed E-state index contributed by atoms with van der Waals surface area (Å²) in [5, 5.41) is 4.97. The van der Waals surface area contributed by atoms with Crippen LogP contribution in [0.5, 0.6) is 0 Å². The van der Waals surface area contributed by atoms with Gasteiger partial charge in [-0.2, -0.15) is 0 Å². The van der Waals surface area contributed by atoms with E-state index in [2.05, 4.69) is 58.0 Å². The van der Waals surface area contributed by atoms with E-state index >= 15 is 0 Å². The van der Waals surface area contributed by atoms with Crippen LogP contribution in [0.3, 0.4) is 0 Å². The van der Waals surface area contributed by atoms with E-state index in [1.54, 1.807) is 0 Å².